The molecule has 0 radical (unpaired) electrons. The summed E-state index contributed by atoms with van der Waals surface area (Å²) in [5, 5.41) is 5.47. The summed E-state index contributed by atoms with van der Waals surface area (Å²) < 4.78 is 31.8. The van der Waals surface area contributed by atoms with Crippen LogP contribution >= 0.6 is 0 Å². The van der Waals surface area contributed by atoms with Crippen molar-refractivity contribution in [3.63, 3.8) is 0 Å². The lowest BCUT2D eigenvalue weighted by atomic mass is 10.2. The van der Waals surface area contributed by atoms with Gasteiger partial charge in [-0.15, -0.1) is 0 Å². The van der Waals surface area contributed by atoms with Gasteiger partial charge in [-0.3, -0.25) is 0 Å². The fraction of sp³-hybridized carbons (Fsp3) is 0.438. The van der Waals surface area contributed by atoms with Crippen LogP contribution in [0.15, 0.2) is 30.4 Å². The van der Waals surface area contributed by atoms with Crippen LogP contribution in [0.5, 0.6) is 0 Å². The Morgan fingerprint density at radius 2 is 1.77 bits per heavy atom. The van der Waals surface area contributed by atoms with E-state index in [0.29, 0.717) is 13.1 Å². The van der Waals surface area contributed by atoms with Gasteiger partial charge in [0.1, 0.15) is 17.2 Å². The van der Waals surface area contributed by atoms with Crippen LogP contribution in [0.3, 0.4) is 0 Å². The van der Waals surface area contributed by atoms with Gasteiger partial charge in [0, 0.05) is 25.2 Å². The van der Waals surface area contributed by atoms with Crippen LogP contribution in [0.4, 0.5) is 13.6 Å². The molecule has 0 unspecified atom stereocenters. The molecule has 0 fully saturated rings. The van der Waals surface area contributed by atoms with Crippen molar-refractivity contribution in [2.45, 2.75) is 32.9 Å². The van der Waals surface area contributed by atoms with Crippen molar-refractivity contribution in [1.82, 2.24) is 10.6 Å². The number of carbonyl (C=O) groups excluding carboxylic acids is 1. The standard InChI is InChI=1S/C16H22F2N2O2/c1-16(2,3)22-15(21)20-10-5-4-9-19-11-12-13(17)7-6-8-14(12)18/h4-8,19H,9-11H2,1-3H3,(H,20,21)/b5-4+. The number of alkyl carbamates (subject to hydrolysis) is 1. The molecule has 6 heteroatoms. The van der Waals surface area contributed by atoms with Crippen LogP contribution in [0.1, 0.15) is 26.3 Å². The summed E-state index contributed by atoms with van der Waals surface area (Å²) in [6.45, 7) is 6.22. The lowest BCUT2D eigenvalue weighted by Gasteiger charge is -2.19. The normalized spacial score (nSPS) is 11.7. The summed E-state index contributed by atoms with van der Waals surface area (Å²) in [7, 11) is 0. The number of ether oxygens (including phenoxy) is 1. The highest BCUT2D eigenvalue weighted by Gasteiger charge is 2.14. The summed E-state index contributed by atoms with van der Waals surface area (Å²) in [5.41, 5.74) is -0.512. The van der Waals surface area contributed by atoms with E-state index in [-0.39, 0.29) is 12.1 Å². The van der Waals surface area contributed by atoms with E-state index in [1.54, 1.807) is 32.9 Å². The van der Waals surface area contributed by atoms with E-state index in [0.717, 1.165) is 0 Å². The minimum atomic E-state index is -0.567. The van der Waals surface area contributed by atoms with E-state index in [2.05, 4.69) is 10.6 Å². The Balaban J connectivity index is 2.21. The number of halogens is 2. The number of carbonyl (C=O) groups is 1. The quantitative estimate of drug-likeness (QED) is 0.627. The average Bonchev–Trinajstić information content (AvgIpc) is 2.38. The Morgan fingerprint density at radius 3 is 2.36 bits per heavy atom. The van der Waals surface area contributed by atoms with Gasteiger partial charge in [0.05, 0.1) is 0 Å². The molecule has 122 valence electrons. The maximum Gasteiger partial charge on any atom is 0.407 e. The predicted octanol–water partition coefficient (Wildman–Crippen LogP) is 3.14. The second-order valence-corrected chi connectivity index (χ2v) is 5.69. The molecular formula is C16H22F2N2O2. The molecule has 0 spiro atoms. The molecule has 0 bridgehead atoms. The number of nitrogens with one attached hydrogen (secondary N) is 2. The van der Waals surface area contributed by atoms with E-state index < -0.39 is 23.3 Å². The van der Waals surface area contributed by atoms with Crippen molar-refractivity contribution in [1.29, 1.82) is 0 Å². The summed E-state index contributed by atoms with van der Waals surface area (Å²) in [4.78, 5) is 11.3. The minimum Gasteiger partial charge on any atom is -0.444 e. The molecule has 2 N–H and O–H groups in total. The summed E-state index contributed by atoms with van der Waals surface area (Å²) in [5.74, 6) is -1.13. The molecule has 22 heavy (non-hydrogen) atoms. The largest absolute Gasteiger partial charge is 0.444 e. The first kappa shape index (κ1) is 18.1. The van der Waals surface area contributed by atoms with Gasteiger partial charge < -0.3 is 15.4 Å². The van der Waals surface area contributed by atoms with Crippen molar-refractivity contribution in [2.24, 2.45) is 0 Å². The van der Waals surface area contributed by atoms with E-state index in [4.69, 9.17) is 4.74 Å². The first-order valence-corrected chi connectivity index (χ1v) is 7.05. The predicted molar refractivity (Wildman–Crippen MR) is 81.4 cm³/mol. The van der Waals surface area contributed by atoms with Gasteiger partial charge in [0.25, 0.3) is 0 Å². The third-order valence-corrected chi connectivity index (χ3v) is 2.56. The molecule has 0 heterocycles. The van der Waals surface area contributed by atoms with Crippen molar-refractivity contribution in [3.8, 4) is 0 Å². The second-order valence-electron chi connectivity index (χ2n) is 5.69. The summed E-state index contributed by atoms with van der Waals surface area (Å²) >= 11 is 0. The fourth-order valence-corrected chi connectivity index (χ4v) is 1.60. The van der Waals surface area contributed by atoms with E-state index in [9.17, 15) is 13.6 Å². The van der Waals surface area contributed by atoms with Gasteiger partial charge in [0.15, 0.2) is 0 Å². The molecule has 0 aliphatic carbocycles. The van der Waals surface area contributed by atoms with Crippen LogP contribution in [-0.4, -0.2) is 24.8 Å². The Kier molecular flexibility index (Phi) is 6.98. The van der Waals surface area contributed by atoms with E-state index in [1.807, 2.05) is 0 Å². The zero-order valence-corrected chi connectivity index (χ0v) is 13.1. The van der Waals surface area contributed by atoms with Crippen LogP contribution in [0.25, 0.3) is 0 Å². The monoisotopic (exact) mass is 312 g/mol. The van der Waals surface area contributed by atoms with Crippen LogP contribution in [0.2, 0.25) is 0 Å². The molecule has 1 aromatic carbocycles. The molecule has 0 aliphatic rings. The first-order chi connectivity index (χ1) is 10.3. The number of rotatable bonds is 6. The maximum absolute atomic E-state index is 13.3. The Bertz CT molecular complexity index is 505. The van der Waals surface area contributed by atoms with Crippen molar-refractivity contribution >= 4 is 6.09 Å². The van der Waals surface area contributed by atoms with Gasteiger partial charge in [-0.1, -0.05) is 18.2 Å². The molecule has 1 rings (SSSR count). The third kappa shape index (κ3) is 7.17. The van der Waals surface area contributed by atoms with E-state index >= 15 is 0 Å². The lowest BCUT2D eigenvalue weighted by Crippen LogP contribution is -2.32. The number of amides is 1. The summed E-state index contributed by atoms with van der Waals surface area (Å²) in [6, 6.07) is 3.78. The fourth-order valence-electron chi connectivity index (χ4n) is 1.60. The topological polar surface area (TPSA) is 50.4 Å². The number of hydrogen-bond acceptors (Lipinski definition) is 3. The number of benzene rings is 1. The molecule has 0 saturated carbocycles. The van der Waals surface area contributed by atoms with Gasteiger partial charge in [-0.25, -0.2) is 13.6 Å². The van der Waals surface area contributed by atoms with Crippen molar-refractivity contribution in [3.05, 3.63) is 47.5 Å². The molecule has 0 atom stereocenters. The maximum atomic E-state index is 13.3. The molecule has 0 saturated heterocycles. The Hall–Kier alpha value is -1.95. The highest BCUT2D eigenvalue weighted by Crippen LogP contribution is 2.11. The summed E-state index contributed by atoms with van der Waals surface area (Å²) in [6.07, 6.45) is 3.00. The molecule has 1 aromatic rings. The third-order valence-electron chi connectivity index (χ3n) is 2.56. The van der Waals surface area contributed by atoms with Crippen molar-refractivity contribution < 1.29 is 18.3 Å². The van der Waals surface area contributed by atoms with Crippen LogP contribution in [-0.2, 0) is 11.3 Å². The smallest absolute Gasteiger partial charge is 0.407 e. The lowest BCUT2D eigenvalue weighted by molar-refractivity contribution is 0.0534. The van der Waals surface area contributed by atoms with Crippen LogP contribution in [0, 0.1) is 11.6 Å². The number of hydrogen-bond donors (Lipinski definition) is 2. The van der Waals surface area contributed by atoms with Gasteiger partial charge in [0.2, 0.25) is 0 Å². The molecule has 1 amide bonds. The van der Waals surface area contributed by atoms with E-state index in [1.165, 1.54) is 18.2 Å². The average molecular weight is 312 g/mol. The molecule has 4 nitrogen and oxygen atoms in total. The SMILES string of the molecule is CC(C)(C)OC(=O)NC/C=C/CNCc1c(F)cccc1F. The van der Waals surface area contributed by atoms with Crippen molar-refractivity contribution in [2.75, 3.05) is 13.1 Å². The first-order valence-electron chi connectivity index (χ1n) is 7.05. The van der Waals surface area contributed by atoms with Gasteiger partial charge in [-0.2, -0.15) is 0 Å². The Morgan fingerprint density at radius 1 is 1.18 bits per heavy atom. The molecule has 0 aromatic heterocycles. The highest BCUT2D eigenvalue weighted by molar-refractivity contribution is 5.67. The zero-order valence-electron chi connectivity index (χ0n) is 13.1. The molecular weight excluding hydrogens is 290 g/mol. The van der Waals surface area contributed by atoms with Crippen LogP contribution < -0.4 is 10.6 Å². The second kappa shape index (κ2) is 8.48. The molecule has 0 aliphatic heterocycles. The van der Waals surface area contributed by atoms with Gasteiger partial charge >= 0.3 is 6.09 Å². The minimum absolute atomic E-state index is 0.0165. The highest BCUT2D eigenvalue weighted by atomic mass is 19.1. The Labute approximate surface area is 129 Å². The van der Waals surface area contributed by atoms with Gasteiger partial charge in [-0.05, 0) is 32.9 Å². The zero-order chi connectivity index (χ0) is 16.6.